The van der Waals surface area contributed by atoms with Gasteiger partial charge in [-0.25, -0.2) is 0 Å². The van der Waals surface area contributed by atoms with Gasteiger partial charge in [-0.3, -0.25) is 0 Å². The highest BCUT2D eigenvalue weighted by atomic mass is 16.5. The molecule has 0 aliphatic carbocycles. The number of rotatable bonds is 5. The van der Waals surface area contributed by atoms with Gasteiger partial charge in [-0.2, -0.15) is 0 Å². The number of aryl methyl sites for hydroxylation is 1. The van der Waals surface area contributed by atoms with Gasteiger partial charge in [0.1, 0.15) is 11.5 Å². The summed E-state index contributed by atoms with van der Waals surface area (Å²) in [5, 5.41) is 0. The van der Waals surface area contributed by atoms with Crippen LogP contribution in [-0.4, -0.2) is 19.0 Å². The fourth-order valence-corrected chi connectivity index (χ4v) is 1.34. The van der Waals surface area contributed by atoms with E-state index in [1.807, 2.05) is 80.7 Å². The zero-order valence-corrected chi connectivity index (χ0v) is 11.6. The summed E-state index contributed by atoms with van der Waals surface area (Å²) in [6.45, 7) is 4.04. The Morgan fingerprint density at radius 3 is 2.39 bits per heavy atom. The average molecular weight is 243 g/mol. The number of benzene rings is 1. The predicted molar refractivity (Wildman–Crippen MR) is 77.5 cm³/mol. The third-order valence-corrected chi connectivity index (χ3v) is 2.23. The fourth-order valence-electron chi connectivity index (χ4n) is 1.34. The summed E-state index contributed by atoms with van der Waals surface area (Å²) in [5.41, 5.74) is 1.23. The fraction of sp³-hybridized carbons (Fsp3) is 0.250. The molecule has 0 aliphatic heterocycles. The molecule has 2 nitrogen and oxygen atoms in total. The Kier molecular flexibility index (Phi) is 5.78. The van der Waals surface area contributed by atoms with E-state index in [1.54, 1.807) is 0 Å². The molecular weight excluding hydrogens is 222 g/mol. The summed E-state index contributed by atoms with van der Waals surface area (Å²) in [7, 11) is 3.97. The van der Waals surface area contributed by atoms with Gasteiger partial charge in [0.05, 0.1) is 0 Å². The summed E-state index contributed by atoms with van der Waals surface area (Å²) >= 11 is 0. The predicted octanol–water partition coefficient (Wildman–Crippen LogP) is 3.91. The maximum atomic E-state index is 5.80. The van der Waals surface area contributed by atoms with Crippen LogP contribution in [0.1, 0.15) is 12.5 Å². The second-order valence-electron chi connectivity index (χ2n) is 4.29. The molecular formula is C16H21NO. The van der Waals surface area contributed by atoms with Crippen LogP contribution in [0.4, 0.5) is 0 Å². The molecule has 0 heterocycles. The topological polar surface area (TPSA) is 12.5 Å². The van der Waals surface area contributed by atoms with Crippen LogP contribution in [0.25, 0.3) is 0 Å². The van der Waals surface area contributed by atoms with Crippen LogP contribution in [0.15, 0.2) is 60.5 Å². The Morgan fingerprint density at radius 1 is 1.17 bits per heavy atom. The van der Waals surface area contributed by atoms with Crippen molar-refractivity contribution in [2.24, 2.45) is 0 Å². The highest BCUT2D eigenvalue weighted by molar-refractivity contribution is 5.30. The van der Waals surface area contributed by atoms with Gasteiger partial charge >= 0.3 is 0 Å². The quantitative estimate of drug-likeness (QED) is 0.574. The molecule has 0 bridgehead atoms. The minimum atomic E-state index is 0.819. The van der Waals surface area contributed by atoms with Gasteiger partial charge < -0.3 is 9.64 Å². The van der Waals surface area contributed by atoms with Crippen molar-refractivity contribution in [1.29, 1.82) is 0 Å². The van der Waals surface area contributed by atoms with Crippen LogP contribution in [0.2, 0.25) is 0 Å². The second kappa shape index (κ2) is 7.38. The van der Waals surface area contributed by atoms with Crippen molar-refractivity contribution >= 4 is 0 Å². The Hall–Kier alpha value is -1.96. The molecule has 1 aromatic carbocycles. The molecule has 0 N–H and O–H groups in total. The smallest absolute Gasteiger partial charge is 0.127 e. The van der Waals surface area contributed by atoms with Crippen LogP contribution in [0.5, 0.6) is 5.75 Å². The molecule has 0 aliphatic rings. The Bertz CT molecular complexity index is 439. The minimum absolute atomic E-state index is 0.819. The largest absolute Gasteiger partial charge is 0.457 e. The van der Waals surface area contributed by atoms with Gasteiger partial charge in [-0.15, -0.1) is 0 Å². The summed E-state index contributed by atoms with van der Waals surface area (Å²) < 4.78 is 5.80. The lowest BCUT2D eigenvalue weighted by atomic mass is 10.2. The molecule has 0 unspecified atom stereocenters. The van der Waals surface area contributed by atoms with Crippen LogP contribution in [-0.2, 0) is 0 Å². The van der Waals surface area contributed by atoms with E-state index in [9.17, 15) is 0 Å². The average Bonchev–Trinajstić information content (AvgIpc) is 2.32. The molecule has 0 radical (unpaired) electrons. The zero-order valence-electron chi connectivity index (χ0n) is 11.6. The monoisotopic (exact) mass is 243 g/mol. The highest BCUT2D eigenvalue weighted by Crippen LogP contribution is 2.15. The normalized spacial score (nSPS) is 12.3. The van der Waals surface area contributed by atoms with E-state index in [4.69, 9.17) is 4.74 Å². The van der Waals surface area contributed by atoms with E-state index in [0.717, 1.165) is 11.5 Å². The SMILES string of the molecule is C\C=C/C(=C\C=C\N(C)C)Oc1ccc(C)cc1. The third kappa shape index (κ3) is 5.39. The molecule has 0 saturated heterocycles. The van der Waals surface area contributed by atoms with Gasteiger partial charge in [0, 0.05) is 14.1 Å². The van der Waals surface area contributed by atoms with E-state index in [2.05, 4.69) is 6.92 Å². The highest BCUT2D eigenvalue weighted by Gasteiger charge is 1.95. The maximum Gasteiger partial charge on any atom is 0.127 e. The first-order chi connectivity index (χ1) is 8.61. The second-order valence-corrected chi connectivity index (χ2v) is 4.29. The van der Waals surface area contributed by atoms with Crippen molar-refractivity contribution in [2.45, 2.75) is 13.8 Å². The molecule has 0 atom stereocenters. The van der Waals surface area contributed by atoms with E-state index in [1.165, 1.54) is 5.56 Å². The van der Waals surface area contributed by atoms with Crippen molar-refractivity contribution in [3.05, 3.63) is 66.1 Å². The van der Waals surface area contributed by atoms with E-state index in [0.29, 0.717) is 0 Å². The van der Waals surface area contributed by atoms with Crippen molar-refractivity contribution < 1.29 is 4.74 Å². The number of nitrogens with zero attached hydrogens (tertiary/aromatic N) is 1. The first-order valence-electron chi connectivity index (χ1n) is 6.04. The summed E-state index contributed by atoms with van der Waals surface area (Å²) in [5.74, 6) is 1.67. The molecule has 0 aromatic heterocycles. The Morgan fingerprint density at radius 2 is 1.83 bits per heavy atom. The van der Waals surface area contributed by atoms with Crippen molar-refractivity contribution in [3.8, 4) is 5.75 Å². The van der Waals surface area contributed by atoms with E-state index in [-0.39, 0.29) is 0 Å². The number of hydrogen-bond donors (Lipinski definition) is 0. The summed E-state index contributed by atoms with van der Waals surface area (Å²) in [6, 6.07) is 8.03. The van der Waals surface area contributed by atoms with Crippen LogP contribution in [0.3, 0.4) is 0 Å². The lowest BCUT2D eigenvalue weighted by molar-refractivity contribution is 0.444. The molecule has 18 heavy (non-hydrogen) atoms. The third-order valence-electron chi connectivity index (χ3n) is 2.23. The molecule has 1 rings (SSSR count). The van der Waals surface area contributed by atoms with Gasteiger partial charge in [0.15, 0.2) is 0 Å². The molecule has 96 valence electrons. The van der Waals surface area contributed by atoms with Crippen LogP contribution in [0, 0.1) is 6.92 Å². The first kappa shape index (κ1) is 14.1. The minimum Gasteiger partial charge on any atom is -0.457 e. The summed E-state index contributed by atoms with van der Waals surface area (Å²) in [4.78, 5) is 1.98. The molecule has 0 spiro atoms. The molecule has 0 amide bonds. The molecule has 0 saturated carbocycles. The molecule has 1 aromatic rings. The summed E-state index contributed by atoms with van der Waals surface area (Å²) in [6.07, 6.45) is 9.79. The standard InChI is InChI=1S/C16H21NO/c1-5-7-15(8-6-13-17(3)4)18-16-11-9-14(2)10-12-16/h5-13H,1-4H3/b7-5-,13-6+,15-8+. The molecule has 2 heteroatoms. The maximum absolute atomic E-state index is 5.80. The van der Waals surface area contributed by atoms with E-state index < -0.39 is 0 Å². The number of allylic oxidation sites excluding steroid dienone is 4. The van der Waals surface area contributed by atoms with Crippen molar-refractivity contribution in [3.63, 3.8) is 0 Å². The van der Waals surface area contributed by atoms with Gasteiger partial charge in [0.2, 0.25) is 0 Å². The van der Waals surface area contributed by atoms with Crippen LogP contribution < -0.4 is 4.74 Å². The first-order valence-corrected chi connectivity index (χ1v) is 6.04. The number of ether oxygens (including phenoxy) is 1. The molecule has 0 fully saturated rings. The van der Waals surface area contributed by atoms with Gasteiger partial charge in [0.25, 0.3) is 0 Å². The Balaban J connectivity index is 2.77. The zero-order chi connectivity index (χ0) is 13.4. The van der Waals surface area contributed by atoms with Crippen LogP contribution >= 0.6 is 0 Å². The van der Waals surface area contributed by atoms with Crippen molar-refractivity contribution in [1.82, 2.24) is 4.90 Å². The Labute approximate surface area is 110 Å². The van der Waals surface area contributed by atoms with E-state index >= 15 is 0 Å². The number of hydrogen-bond acceptors (Lipinski definition) is 2. The lowest BCUT2D eigenvalue weighted by Gasteiger charge is -2.06. The van der Waals surface area contributed by atoms with Gasteiger partial charge in [-0.05, 0) is 50.4 Å². The van der Waals surface area contributed by atoms with Gasteiger partial charge in [-0.1, -0.05) is 23.8 Å². The van der Waals surface area contributed by atoms with Crippen molar-refractivity contribution in [2.75, 3.05) is 14.1 Å². The lowest BCUT2D eigenvalue weighted by Crippen LogP contribution is -1.99.